The Morgan fingerprint density at radius 1 is 1.86 bits per heavy atom. The molecular formula is C4H4N2S. The third-order valence-corrected chi connectivity index (χ3v) is 1.10. The van der Waals surface area contributed by atoms with Crippen molar-refractivity contribution in [2.45, 2.75) is 6.92 Å². The van der Waals surface area contributed by atoms with Gasteiger partial charge in [-0.15, -0.1) is 0 Å². The Morgan fingerprint density at radius 3 is 3.00 bits per heavy atom. The van der Waals surface area contributed by atoms with E-state index in [-0.39, 0.29) is 0 Å². The fourth-order valence-corrected chi connectivity index (χ4v) is 0.591. The summed E-state index contributed by atoms with van der Waals surface area (Å²) >= 11 is 1.35. The predicted molar refractivity (Wildman–Crippen MR) is 32.7 cm³/mol. The molecular weight excluding hydrogens is 108 g/mol. The van der Waals surface area contributed by atoms with Gasteiger partial charge >= 0.3 is 0 Å². The van der Waals surface area contributed by atoms with Crippen molar-refractivity contribution in [2.24, 2.45) is 9.39 Å². The monoisotopic (exact) mass is 112 g/mol. The van der Waals surface area contributed by atoms with Crippen LogP contribution in [0.4, 0.5) is 0 Å². The zero-order valence-electron chi connectivity index (χ0n) is 3.88. The van der Waals surface area contributed by atoms with E-state index in [1.165, 1.54) is 11.9 Å². The second kappa shape index (κ2) is 1.96. The molecule has 0 bridgehead atoms. The van der Waals surface area contributed by atoms with Gasteiger partial charge in [-0.25, -0.2) is 4.99 Å². The molecule has 0 amide bonds. The SMILES string of the molecule is CC1=NC=C=NS1. The lowest BCUT2D eigenvalue weighted by Crippen LogP contribution is -1.80. The Balaban J connectivity index is 2.77. The smallest absolute Gasteiger partial charge is 0.0944 e. The van der Waals surface area contributed by atoms with Crippen molar-refractivity contribution in [3.05, 3.63) is 6.20 Å². The summed E-state index contributed by atoms with van der Waals surface area (Å²) in [6.07, 6.45) is 1.56. The summed E-state index contributed by atoms with van der Waals surface area (Å²) in [5, 5.41) is 0.971. The standard InChI is InChI=1S/C4H4N2S/c1-4-5-2-3-6-7-4/h2H,1H3. The van der Waals surface area contributed by atoms with Gasteiger partial charge in [0.05, 0.1) is 11.2 Å². The Kier molecular flexibility index (Phi) is 1.29. The van der Waals surface area contributed by atoms with E-state index in [1.807, 2.05) is 6.92 Å². The average Bonchev–Trinajstić information content (AvgIpc) is 1.69. The first kappa shape index (κ1) is 4.62. The van der Waals surface area contributed by atoms with Crippen LogP contribution in [0.5, 0.6) is 0 Å². The van der Waals surface area contributed by atoms with Crippen molar-refractivity contribution in [1.82, 2.24) is 0 Å². The maximum absolute atomic E-state index is 3.88. The Labute approximate surface area is 46.2 Å². The van der Waals surface area contributed by atoms with Gasteiger partial charge in [0.1, 0.15) is 0 Å². The van der Waals surface area contributed by atoms with Gasteiger partial charge in [-0.1, -0.05) is 0 Å². The van der Waals surface area contributed by atoms with Crippen LogP contribution in [0.2, 0.25) is 0 Å². The lowest BCUT2D eigenvalue weighted by Gasteiger charge is -1.88. The van der Waals surface area contributed by atoms with Gasteiger partial charge in [-0.05, 0) is 6.92 Å². The van der Waals surface area contributed by atoms with E-state index in [0.717, 1.165) is 5.04 Å². The molecule has 0 atom stereocenters. The first-order valence-electron chi connectivity index (χ1n) is 1.88. The number of nitrogens with zero attached hydrogens (tertiary/aromatic N) is 2. The summed E-state index contributed by atoms with van der Waals surface area (Å²) < 4.78 is 3.74. The van der Waals surface area contributed by atoms with Crippen LogP contribution in [0.3, 0.4) is 0 Å². The summed E-state index contributed by atoms with van der Waals surface area (Å²) in [6.45, 7) is 1.91. The van der Waals surface area contributed by atoms with E-state index in [0.29, 0.717) is 0 Å². The summed E-state index contributed by atoms with van der Waals surface area (Å²) in [5.74, 6) is 2.59. The van der Waals surface area contributed by atoms with Gasteiger partial charge in [0.25, 0.3) is 0 Å². The highest BCUT2D eigenvalue weighted by Gasteiger charge is 1.87. The molecule has 0 radical (unpaired) electrons. The van der Waals surface area contributed by atoms with Crippen LogP contribution < -0.4 is 0 Å². The largest absolute Gasteiger partial charge is 0.243 e. The molecule has 36 valence electrons. The maximum Gasteiger partial charge on any atom is 0.0944 e. The number of rotatable bonds is 0. The highest BCUT2D eigenvalue weighted by Crippen LogP contribution is 2.05. The van der Waals surface area contributed by atoms with Crippen molar-refractivity contribution in [2.75, 3.05) is 0 Å². The highest BCUT2D eigenvalue weighted by molar-refractivity contribution is 8.12. The molecule has 0 aromatic rings. The van der Waals surface area contributed by atoms with Gasteiger partial charge < -0.3 is 0 Å². The molecule has 0 aromatic heterocycles. The second-order valence-electron chi connectivity index (χ2n) is 1.09. The minimum Gasteiger partial charge on any atom is -0.243 e. The van der Waals surface area contributed by atoms with Gasteiger partial charge in [-0.2, -0.15) is 4.40 Å². The third kappa shape index (κ3) is 1.18. The number of hydrogen-bond acceptors (Lipinski definition) is 3. The molecule has 0 saturated carbocycles. The van der Waals surface area contributed by atoms with E-state index < -0.39 is 0 Å². The molecule has 0 saturated heterocycles. The molecule has 0 N–H and O–H groups in total. The second-order valence-corrected chi connectivity index (χ2v) is 2.04. The van der Waals surface area contributed by atoms with Gasteiger partial charge in [0.2, 0.25) is 0 Å². The van der Waals surface area contributed by atoms with E-state index in [2.05, 4.69) is 15.3 Å². The van der Waals surface area contributed by atoms with Gasteiger partial charge in [-0.3, -0.25) is 0 Å². The molecule has 3 heteroatoms. The number of aliphatic imine (C=N–C) groups is 1. The van der Waals surface area contributed by atoms with Crippen molar-refractivity contribution in [1.29, 1.82) is 0 Å². The first-order chi connectivity index (χ1) is 3.39. The van der Waals surface area contributed by atoms with Crippen molar-refractivity contribution in [3.8, 4) is 0 Å². The Hall–Kier alpha value is -0.530. The van der Waals surface area contributed by atoms with Gasteiger partial charge in [0, 0.05) is 17.8 Å². The molecule has 1 aliphatic heterocycles. The zero-order valence-corrected chi connectivity index (χ0v) is 4.70. The average molecular weight is 112 g/mol. The predicted octanol–water partition coefficient (Wildman–Crippen LogP) is 1.25. The molecule has 0 aromatic carbocycles. The molecule has 1 heterocycles. The van der Waals surface area contributed by atoms with Crippen LogP contribution in [-0.4, -0.2) is 10.9 Å². The quantitative estimate of drug-likeness (QED) is 0.433. The van der Waals surface area contributed by atoms with Gasteiger partial charge in [0.15, 0.2) is 0 Å². The lowest BCUT2D eigenvalue weighted by atomic mass is 10.8. The molecule has 0 fully saturated rings. The summed E-state index contributed by atoms with van der Waals surface area (Å²) in [5.41, 5.74) is 0. The summed E-state index contributed by atoms with van der Waals surface area (Å²) in [4.78, 5) is 3.88. The van der Waals surface area contributed by atoms with Crippen LogP contribution in [0.25, 0.3) is 0 Å². The van der Waals surface area contributed by atoms with Crippen LogP contribution in [0.1, 0.15) is 6.92 Å². The Morgan fingerprint density at radius 2 is 2.71 bits per heavy atom. The number of hydrogen-bond donors (Lipinski definition) is 0. The minimum atomic E-state index is 0.971. The third-order valence-electron chi connectivity index (χ3n) is 0.535. The molecule has 2 nitrogen and oxygen atoms in total. The molecule has 0 aliphatic carbocycles. The molecule has 7 heavy (non-hydrogen) atoms. The molecule has 1 aliphatic rings. The van der Waals surface area contributed by atoms with E-state index in [1.54, 1.807) is 6.20 Å². The molecule has 0 unspecified atom stereocenters. The molecule has 0 spiro atoms. The zero-order chi connectivity index (χ0) is 5.11. The highest BCUT2D eigenvalue weighted by atomic mass is 32.2. The normalized spacial score (nSPS) is 17.0. The van der Waals surface area contributed by atoms with Crippen LogP contribution >= 0.6 is 11.9 Å². The van der Waals surface area contributed by atoms with Crippen LogP contribution in [0.15, 0.2) is 15.6 Å². The van der Waals surface area contributed by atoms with E-state index >= 15 is 0 Å². The maximum atomic E-state index is 3.88. The van der Waals surface area contributed by atoms with E-state index in [4.69, 9.17) is 0 Å². The summed E-state index contributed by atoms with van der Waals surface area (Å²) in [6, 6.07) is 0. The fourth-order valence-electron chi connectivity index (χ4n) is 0.259. The lowest BCUT2D eigenvalue weighted by molar-refractivity contribution is 1.59. The van der Waals surface area contributed by atoms with Crippen LogP contribution in [-0.2, 0) is 0 Å². The summed E-state index contributed by atoms with van der Waals surface area (Å²) in [7, 11) is 0. The topological polar surface area (TPSA) is 24.7 Å². The van der Waals surface area contributed by atoms with Crippen molar-refractivity contribution < 1.29 is 0 Å². The van der Waals surface area contributed by atoms with Crippen molar-refractivity contribution >= 4 is 22.9 Å². The first-order valence-corrected chi connectivity index (χ1v) is 2.65. The fraction of sp³-hybridized carbons (Fsp3) is 0.250. The minimum absolute atomic E-state index is 0.971. The van der Waals surface area contributed by atoms with Crippen LogP contribution in [0, 0.1) is 0 Å². The Bertz CT molecular complexity index is 153. The van der Waals surface area contributed by atoms with E-state index in [9.17, 15) is 0 Å². The molecule has 1 rings (SSSR count). The van der Waals surface area contributed by atoms with Crippen molar-refractivity contribution in [3.63, 3.8) is 0 Å².